The molecule has 1 saturated heterocycles. The maximum absolute atomic E-state index is 12.7. The van der Waals surface area contributed by atoms with E-state index in [1.807, 2.05) is 36.2 Å². The summed E-state index contributed by atoms with van der Waals surface area (Å²) in [6.07, 6.45) is 3.77. The van der Waals surface area contributed by atoms with Gasteiger partial charge in [0.05, 0.1) is 23.4 Å². The fourth-order valence-corrected chi connectivity index (χ4v) is 3.48. The van der Waals surface area contributed by atoms with Crippen LogP contribution in [0, 0.1) is 6.92 Å². The van der Waals surface area contributed by atoms with Gasteiger partial charge in [-0.15, -0.1) is 11.3 Å². The van der Waals surface area contributed by atoms with Gasteiger partial charge in [0.1, 0.15) is 5.69 Å². The van der Waals surface area contributed by atoms with Crippen molar-refractivity contribution in [3.63, 3.8) is 0 Å². The Bertz CT molecular complexity index is 662. The van der Waals surface area contributed by atoms with Crippen LogP contribution in [0.25, 0.3) is 11.3 Å². The molecule has 3 rings (SSSR count). The molecule has 1 atom stereocenters. The molecule has 0 saturated carbocycles. The highest BCUT2D eigenvalue weighted by Gasteiger charge is 2.30. The number of hydrogen-bond acceptors (Lipinski definition) is 4. The van der Waals surface area contributed by atoms with Crippen LogP contribution in [0.2, 0.25) is 0 Å². The predicted molar refractivity (Wildman–Crippen MR) is 82.4 cm³/mol. The van der Waals surface area contributed by atoms with Gasteiger partial charge in [0.25, 0.3) is 5.91 Å². The molecule has 0 unspecified atom stereocenters. The number of carbonyl (C=O) groups excluding carboxylic acids is 1. The van der Waals surface area contributed by atoms with Crippen LogP contribution < -0.4 is 0 Å². The zero-order valence-corrected chi connectivity index (χ0v) is 13.1. The summed E-state index contributed by atoms with van der Waals surface area (Å²) < 4.78 is 1.85. The Kier molecular flexibility index (Phi) is 3.82. The minimum Gasteiger partial charge on any atom is -0.394 e. The van der Waals surface area contributed by atoms with Crippen LogP contribution in [-0.2, 0) is 7.05 Å². The Hall–Kier alpha value is -1.66. The second-order valence-corrected chi connectivity index (χ2v) is 6.52. The van der Waals surface area contributed by atoms with Crippen LogP contribution >= 0.6 is 11.3 Å². The molecule has 0 aliphatic carbocycles. The fraction of sp³-hybridized carbons (Fsp3) is 0.467. The number of aliphatic hydroxyl groups excluding tert-OH is 1. The standard InChI is InChI=1S/C15H19N3O2S/c1-10-16-13(9-21-10)11-6-14(17(2)7-11)15(20)18-5-3-4-12(18)8-19/h6-7,9,12,19H,3-5,8H2,1-2H3/t12-/m0/s1. The molecule has 6 heteroatoms. The lowest BCUT2D eigenvalue weighted by molar-refractivity contribution is 0.0668. The Labute approximate surface area is 127 Å². The maximum atomic E-state index is 12.7. The number of aryl methyl sites for hydroxylation is 2. The summed E-state index contributed by atoms with van der Waals surface area (Å²) in [5, 5.41) is 12.4. The molecular formula is C15H19N3O2S. The van der Waals surface area contributed by atoms with Crippen LogP contribution in [0.3, 0.4) is 0 Å². The lowest BCUT2D eigenvalue weighted by Gasteiger charge is -2.23. The summed E-state index contributed by atoms with van der Waals surface area (Å²) in [7, 11) is 1.87. The highest BCUT2D eigenvalue weighted by Crippen LogP contribution is 2.26. The molecule has 1 aliphatic heterocycles. The third-order valence-electron chi connectivity index (χ3n) is 3.99. The lowest BCUT2D eigenvalue weighted by atomic mass is 10.2. The maximum Gasteiger partial charge on any atom is 0.270 e. The van der Waals surface area contributed by atoms with Crippen LogP contribution in [0.5, 0.6) is 0 Å². The van der Waals surface area contributed by atoms with Crippen LogP contribution in [0.4, 0.5) is 0 Å². The second kappa shape index (κ2) is 5.61. The molecule has 0 aromatic carbocycles. The molecule has 0 radical (unpaired) electrons. The van der Waals surface area contributed by atoms with E-state index in [4.69, 9.17) is 0 Å². The van der Waals surface area contributed by atoms with Gasteiger partial charge in [-0.25, -0.2) is 4.98 Å². The molecule has 1 amide bonds. The Morgan fingerprint density at radius 3 is 3.05 bits per heavy atom. The molecule has 0 bridgehead atoms. The third-order valence-corrected chi connectivity index (χ3v) is 4.76. The molecular weight excluding hydrogens is 286 g/mol. The SMILES string of the molecule is Cc1nc(-c2cc(C(=O)N3CCC[C@H]3CO)n(C)c2)cs1. The monoisotopic (exact) mass is 305 g/mol. The van der Waals surface area contributed by atoms with Crippen molar-refractivity contribution in [1.29, 1.82) is 0 Å². The van der Waals surface area contributed by atoms with E-state index in [0.717, 1.165) is 35.7 Å². The second-order valence-electron chi connectivity index (χ2n) is 5.45. The van der Waals surface area contributed by atoms with Gasteiger partial charge >= 0.3 is 0 Å². The molecule has 1 fully saturated rings. The number of nitrogens with zero attached hydrogens (tertiary/aromatic N) is 3. The number of likely N-dealkylation sites (tertiary alicyclic amines) is 1. The van der Waals surface area contributed by atoms with Crippen molar-refractivity contribution in [2.24, 2.45) is 7.05 Å². The van der Waals surface area contributed by atoms with Crippen molar-refractivity contribution < 1.29 is 9.90 Å². The average molecular weight is 305 g/mol. The molecule has 2 aromatic rings. The number of carbonyl (C=O) groups is 1. The van der Waals surface area contributed by atoms with Crippen molar-refractivity contribution in [1.82, 2.24) is 14.5 Å². The number of amides is 1. The van der Waals surface area contributed by atoms with Gasteiger partial charge < -0.3 is 14.6 Å². The number of thiazole rings is 1. The van der Waals surface area contributed by atoms with Gasteiger partial charge in [-0.3, -0.25) is 4.79 Å². The van der Waals surface area contributed by atoms with Crippen LogP contribution in [-0.4, -0.2) is 44.7 Å². The van der Waals surface area contributed by atoms with Gasteiger partial charge in [-0.2, -0.15) is 0 Å². The molecule has 112 valence electrons. The van der Waals surface area contributed by atoms with E-state index in [0.29, 0.717) is 5.69 Å². The number of aliphatic hydroxyl groups is 1. The smallest absolute Gasteiger partial charge is 0.270 e. The van der Waals surface area contributed by atoms with Gasteiger partial charge in [0.2, 0.25) is 0 Å². The van der Waals surface area contributed by atoms with E-state index in [2.05, 4.69) is 4.98 Å². The quantitative estimate of drug-likeness (QED) is 0.944. The highest BCUT2D eigenvalue weighted by atomic mass is 32.1. The van der Waals surface area contributed by atoms with Crippen molar-refractivity contribution >= 4 is 17.2 Å². The first kappa shape index (κ1) is 14.3. The Morgan fingerprint density at radius 1 is 1.57 bits per heavy atom. The van der Waals surface area contributed by atoms with E-state index in [-0.39, 0.29) is 18.6 Å². The number of aromatic nitrogens is 2. The van der Waals surface area contributed by atoms with Gasteiger partial charge in [-0.1, -0.05) is 0 Å². The zero-order chi connectivity index (χ0) is 15.0. The third kappa shape index (κ3) is 2.61. The normalized spacial score (nSPS) is 18.4. The van der Waals surface area contributed by atoms with Crippen LogP contribution in [0.15, 0.2) is 17.6 Å². The van der Waals surface area contributed by atoms with E-state index in [1.165, 1.54) is 0 Å². The van der Waals surface area contributed by atoms with Gasteiger partial charge in [0, 0.05) is 30.7 Å². The van der Waals surface area contributed by atoms with Gasteiger partial charge in [-0.05, 0) is 25.8 Å². The average Bonchev–Trinajstić information content (AvgIpc) is 3.16. The summed E-state index contributed by atoms with van der Waals surface area (Å²) >= 11 is 1.60. The first-order valence-electron chi connectivity index (χ1n) is 7.11. The molecule has 5 nitrogen and oxygen atoms in total. The summed E-state index contributed by atoms with van der Waals surface area (Å²) in [5.74, 6) is -0.00717. The van der Waals surface area contributed by atoms with Crippen molar-refractivity contribution in [3.8, 4) is 11.3 Å². The summed E-state index contributed by atoms with van der Waals surface area (Å²) in [6.45, 7) is 2.73. The van der Waals surface area contributed by atoms with Crippen LogP contribution in [0.1, 0.15) is 28.3 Å². The lowest BCUT2D eigenvalue weighted by Crippen LogP contribution is -2.38. The summed E-state index contributed by atoms with van der Waals surface area (Å²) in [5.41, 5.74) is 2.52. The van der Waals surface area contributed by atoms with E-state index >= 15 is 0 Å². The number of rotatable bonds is 3. The van der Waals surface area contributed by atoms with Crippen molar-refractivity contribution in [2.75, 3.05) is 13.2 Å². The van der Waals surface area contributed by atoms with Crippen molar-refractivity contribution in [2.45, 2.75) is 25.8 Å². The first-order valence-corrected chi connectivity index (χ1v) is 7.99. The number of hydrogen-bond donors (Lipinski definition) is 1. The van der Waals surface area contributed by atoms with E-state index < -0.39 is 0 Å². The molecule has 0 spiro atoms. The predicted octanol–water partition coefficient (Wildman–Crippen LogP) is 2.05. The topological polar surface area (TPSA) is 58.4 Å². The van der Waals surface area contributed by atoms with Crippen molar-refractivity contribution in [3.05, 3.63) is 28.3 Å². The molecule has 3 heterocycles. The fourth-order valence-electron chi connectivity index (χ4n) is 2.85. The van der Waals surface area contributed by atoms with E-state index in [1.54, 1.807) is 16.2 Å². The molecule has 1 aliphatic rings. The summed E-state index contributed by atoms with van der Waals surface area (Å²) in [6, 6.07) is 1.85. The Morgan fingerprint density at radius 2 is 2.38 bits per heavy atom. The summed E-state index contributed by atoms with van der Waals surface area (Å²) in [4.78, 5) is 18.9. The highest BCUT2D eigenvalue weighted by molar-refractivity contribution is 7.09. The molecule has 21 heavy (non-hydrogen) atoms. The first-order chi connectivity index (χ1) is 10.1. The van der Waals surface area contributed by atoms with Gasteiger partial charge in [0.15, 0.2) is 0 Å². The minimum absolute atomic E-state index is 0.00717. The largest absolute Gasteiger partial charge is 0.394 e. The Balaban J connectivity index is 1.89. The molecule has 1 N–H and O–H groups in total. The van der Waals surface area contributed by atoms with E-state index in [9.17, 15) is 9.90 Å². The zero-order valence-electron chi connectivity index (χ0n) is 12.2. The molecule has 2 aromatic heterocycles. The minimum atomic E-state index is -0.0441.